The molecular weight excluding hydrogens is 228 g/mol. The van der Waals surface area contributed by atoms with Crippen molar-refractivity contribution in [3.05, 3.63) is 21.9 Å². The Morgan fingerprint density at radius 3 is 2.88 bits per heavy atom. The number of thiophene rings is 1. The zero-order chi connectivity index (χ0) is 12.1. The summed E-state index contributed by atoms with van der Waals surface area (Å²) in [5.41, 5.74) is 6.23. The van der Waals surface area contributed by atoms with Crippen molar-refractivity contribution in [1.82, 2.24) is 5.32 Å². The molecular formula is C14H24N2S. The first-order valence-corrected chi connectivity index (χ1v) is 7.59. The second-order valence-corrected chi connectivity index (χ2v) is 6.58. The Labute approximate surface area is 109 Å². The second kappa shape index (κ2) is 6.53. The molecule has 2 rings (SSSR count). The Morgan fingerprint density at radius 2 is 2.12 bits per heavy atom. The van der Waals surface area contributed by atoms with Crippen molar-refractivity contribution in [2.45, 2.75) is 51.6 Å². The van der Waals surface area contributed by atoms with Crippen molar-refractivity contribution in [2.75, 3.05) is 6.54 Å². The van der Waals surface area contributed by atoms with Crippen molar-refractivity contribution >= 4 is 11.3 Å². The molecule has 2 nitrogen and oxygen atoms in total. The topological polar surface area (TPSA) is 38.0 Å². The van der Waals surface area contributed by atoms with Gasteiger partial charge in [-0.3, -0.25) is 0 Å². The summed E-state index contributed by atoms with van der Waals surface area (Å²) in [6.45, 7) is 4.25. The van der Waals surface area contributed by atoms with E-state index in [2.05, 4.69) is 24.4 Å². The Morgan fingerprint density at radius 1 is 1.29 bits per heavy atom. The number of aryl methyl sites for hydroxylation is 1. The maximum absolute atomic E-state index is 6.23. The van der Waals surface area contributed by atoms with Gasteiger partial charge in [0, 0.05) is 22.3 Å². The quantitative estimate of drug-likeness (QED) is 0.808. The van der Waals surface area contributed by atoms with E-state index in [9.17, 15) is 0 Å². The van der Waals surface area contributed by atoms with Crippen molar-refractivity contribution < 1.29 is 0 Å². The minimum atomic E-state index is 0.412. The molecule has 2 unspecified atom stereocenters. The van der Waals surface area contributed by atoms with Crippen LogP contribution in [0.4, 0.5) is 0 Å². The minimum absolute atomic E-state index is 0.412. The Hall–Kier alpha value is -0.380. The molecule has 1 saturated carbocycles. The number of nitrogens with one attached hydrogen (secondary N) is 1. The lowest BCUT2D eigenvalue weighted by Gasteiger charge is -2.21. The van der Waals surface area contributed by atoms with Crippen molar-refractivity contribution in [3.63, 3.8) is 0 Å². The molecule has 17 heavy (non-hydrogen) atoms. The first kappa shape index (κ1) is 13.1. The summed E-state index contributed by atoms with van der Waals surface area (Å²) in [5, 5.41) is 3.57. The van der Waals surface area contributed by atoms with E-state index < -0.39 is 0 Å². The third kappa shape index (κ3) is 4.09. The van der Waals surface area contributed by atoms with Gasteiger partial charge in [0.25, 0.3) is 0 Å². The molecule has 3 heteroatoms. The normalized spacial score (nSPS) is 25.8. The molecule has 96 valence electrons. The monoisotopic (exact) mass is 252 g/mol. The fourth-order valence-corrected chi connectivity index (χ4v) is 3.49. The summed E-state index contributed by atoms with van der Waals surface area (Å²) >= 11 is 1.89. The average molecular weight is 252 g/mol. The van der Waals surface area contributed by atoms with Gasteiger partial charge in [-0.25, -0.2) is 0 Å². The molecule has 2 atom stereocenters. The SMILES string of the molecule is Cc1ccc(CNCC2CCCCCC2N)s1. The van der Waals surface area contributed by atoms with Crippen LogP contribution in [0.1, 0.15) is 41.9 Å². The van der Waals surface area contributed by atoms with Crippen molar-refractivity contribution in [1.29, 1.82) is 0 Å². The molecule has 0 aliphatic heterocycles. The van der Waals surface area contributed by atoms with Gasteiger partial charge in [0.05, 0.1) is 0 Å². The van der Waals surface area contributed by atoms with Gasteiger partial charge in [-0.1, -0.05) is 19.3 Å². The summed E-state index contributed by atoms with van der Waals surface area (Å²) in [6, 6.07) is 4.83. The summed E-state index contributed by atoms with van der Waals surface area (Å²) in [5.74, 6) is 0.679. The molecule has 1 aliphatic carbocycles. The van der Waals surface area contributed by atoms with E-state index in [4.69, 9.17) is 5.73 Å². The third-order valence-electron chi connectivity index (χ3n) is 3.72. The molecule has 0 bridgehead atoms. The Balaban J connectivity index is 1.73. The maximum atomic E-state index is 6.23. The molecule has 1 aromatic rings. The van der Waals surface area contributed by atoms with Gasteiger partial charge in [0.15, 0.2) is 0 Å². The van der Waals surface area contributed by atoms with Gasteiger partial charge in [-0.05, 0) is 44.4 Å². The lowest BCUT2D eigenvalue weighted by Crippen LogP contribution is -2.36. The van der Waals surface area contributed by atoms with E-state index in [1.165, 1.54) is 41.9 Å². The Bertz CT molecular complexity index is 335. The molecule has 0 saturated heterocycles. The van der Waals surface area contributed by atoms with Crippen LogP contribution in [0.5, 0.6) is 0 Å². The largest absolute Gasteiger partial charge is 0.327 e. The summed E-state index contributed by atoms with van der Waals surface area (Å²) in [6.07, 6.45) is 6.57. The highest BCUT2D eigenvalue weighted by atomic mass is 32.1. The van der Waals surface area contributed by atoms with E-state index in [0.29, 0.717) is 12.0 Å². The van der Waals surface area contributed by atoms with Crippen molar-refractivity contribution in [2.24, 2.45) is 11.7 Å². The van der Waals surface area contributed by atoms with Crippen LogP contribution in [0.15, 0.2) is 12.1 Å². The zero-order valence-electron chi connectivity index (χ0n) is 10.7. The average Bonchev–Trinajstić information content (AvgIpc) is 2.61. The van der Waals surface area contributed by atoms with Gasteiger partial charge in [0.2, 0.25) is 0 Å². The number of hydrogen-bond acceptors (Lipinski definition) is 3. The van der Waals surface area contributed by atoms with Crippen molar-refractivity contribution in [3.8, 4) is 0 Å². The first-order valence-electron chi connectivity index (χ1n) is 6.77. The van der Waals surface area contributed by atoms with Gasteiger partial charge >= 0.3 is 0 Å². The van der Waals surface area contributed by atoms with E-state index in [1.807, 2.05) is 11.3 Å². The molecule has 0 radical (unpaired) electrons. The molecule has 1 aromatic heterocycles. The van der Waals surface area contributed by atoms with Gasteiger partial charge in [-0.15, -0.1) is 11.3 Å². The second-order valence-electron chi connectivity index (χ2n) is 5.21. The lowest BCUT2D eigenvalue weighted by molar-refractivity contribution is 0.375. The van der Waals surface area contributed by atoms with Crippen LogP contribution in [0, 0.1) is 12.8 Å². The first-order chi connectivity index (χ1) is 8.25. The van der Waals surface area contributed by atoms with Gasteiger partial charge in [0.1, 0.15) is 0 Å². The summed E-state index contributed by atoms with van der Waals surface area (Å²) in [7, 11) is 0. The summed E-state index contributed by atoms with van der Waals surface area (Å²) in [4.78, 5) is 2.83. The minimum Gasteiger partial charge on any atom is -0.327 e. The highest BCUT2D eigenvalue weighted by Gasteiger charge is 2.19. The molecule has 0 aromatic carbocycles. The predicted molar refractivity (Wildman–Crippen MR) is 75.3 cm³/mol. The standard InChI is InChI=1S/C14H24N2S/c1-11-7-8-13(17-11)10-16-9-12-5-3-2-4-6-14(12)15/h7-8,12,14,16H,2-6,9-10,15H2,1H3. The van der Waals surface area contributed by atoms with Gasteiger partial charge < -0.3 is 11.1 Å². The van der Waals surface area contributed by atoms with E-state index >= 15 is 0 Å². The smallest absolute Gasteiger partial charge is 0.0299 e. The number of hydrogen-bond donors (Lipinski definition) is 2. The van der Waals surface area contributed by atoms with Crippen LogP contribution in [0.2, 0.25) is 0 Å². The maximum Gasteiger partial charge on any atom is 0.0299 e. The molecule has 3 N–H and O–H groups in total. The van der Waals surface area contributed by atoms with E-state index in [0.717, 1.165) is 13.1 Å². The molecule has 1 fully saturated rings. The fourth-order valence-electron chi connectivity index (χ4n) is 2.63. The van der Waals surface area contributed by atoms with E-state index in [1.54, 1.807) is 0 Å². The fraction of sp³-hybridized carbons (Fsp3) is 0.714. The zero-order valence-corrected chi connectivity index (χ0v) is 11.6. The van der Waals surface area contributed by atoms with Crippen LogP contribution in [0.25, 0.3) is 0 Å². The van der Waals surface area contributed by atoms with Crippen LogP contribution in [-0.4, -0.2) is 12.6 Å². The molecule has 0 spiro atoms. The molecule has 1 aliphatic rings. The third-order valence-corrected chi connectivity index (χ3v) is 4.72. The van der Waals surface area contributed by atoms with Crippen LogP contribution in [0.3, 0.4) is 0 Å². The molecule has 0 amide bonds. The van der Waals surface area contributed by atoms with Gasteiger partial charge in [-0.2, -0.15) is 0 Å². The predicted octanol–water partition coefficient (Wildman–Crippen LogP) is 3.05. The lowest BCUT2D eigenvalue weighted by atomic mass is 9.95. The number of rotatable bonds is 4. The highest BCUT2D eigenvalue weighted by Crippen LogP contribution is 2.22. The molecule has 1 heterocycles. The summed E-state index contributed by atoms with van der Waals surface area (Å²) < 4.78 is 0. The van der Waals surface area contributed by atoms with Crippen LogP contribution < -0.4 is 11.1 Å². The van der Waals surface area contributed by atoms with Crippen LogP contribution in [-0.2, 0) is 6.54 Å². The van der Waals surface area contributed by atoms with Crippen LogP contribution >= 0.6 is 11.3 Å². The number of nitrogens with two attached hydrogens (primary N) is 1. The van der Waals surface area contributed by atoms with E-state index in [-0.39, 0.29) is 0 Å². The Kier molecular flexibility index (Phi) is 5.01. The highest BCUT2D eigenvalue weighted by molar-refractivity contribution is 7.11.